The molecule has 1 unspecified atom stereocenters. The molecule has 0 saturated carbocycles. The van der Waals surface area contributed by atoms with Gasteiger partial charge in [-0.05, 0) is 24.3 Å². The number of fused-ring (bicyclic) bond motifs is 1. The third kappa shape index (κ3) is 3.36. The maximum absolute atomic E-state index is 13.2. The third-order valence-electron chi connectivity index (χ3n) is 4.97. The fraction of sp³-hybridized carbons (Fsp3) is 0.0870. The molecule has 0 spiro atoms. The minimum atomic E-state index is -0.400. The van der Waals surface area contributed by atoms with Crippen LogP contribution in [0.4, 0.5) is 5.82 Å². The summed E-state index contributed by atoms with van der Waals surface area (Å²) in [6, 6.07) is 21.1. The molecule has 1 aliphatic heterocycles. The van der Waals surface area contributed by atoms with Crippen molar-refractivity contribution in [3.8, 4) is 22.5 Å². The first-order valence-electron chi connectivity index (χ1n) is 9.30. The lowest BCUT2D eigenvalue weighted by Gasteiger charge is -2.07. The van der Waals surface area contributed by atoms with Gasteiger partial charge in [-0.25, -0.2) is 9.78 Å². The number of nitrogens with zero attached hydrogens (tertiary/aromatic N) is 2. The lowest BCUT2D eigenvalue weighted by molar-refractivity contribution is -0.551. The van der Waals surface area contributed by atoms with Gasteiger partial charge in [-0.2, -0.15) is 4.57 Å². The number of furan rings is 1. The number of halogens is 1. The number of benzene rings is 2. The second-order valence-electron chi connectivity index (χ2n) is 6.88. The molecule has 0 fully saturated rings. The quantitative estimate of drug-likeness (QED) is 0.460. The summed E-state index contributed by atoms with van der Waals surface area (Å²) in [6.45, 7) is 0. The van der Waals surface area contributed by atoms with Gasteiger partial charge >= 0.3 is 11.7 Å². The molecule has 2 aromatic carbocycles. The Kier molecular flexibility index (Phi) is 4.48. The Morgan fingerprint density at radius 3 is 2.52 bits per heavy atom. The van der Waals surface area contributed by atoms with E-state index in [2.05, 4.69) is 21.2 Å². The van der Waals surface area contributed by atoms with Gasteiger partial charge in [0.15, 0.2) is 5.69 Å². The van der Waals surface area contributed by atoms with Crippen molar-refractivity contribution in [1.82, 2.24) is 4.98 Å². The lowest BCUT2D eigenvalue weighted by Crippen LogP contribution is -2.43. The minimum Gasteiger partial charge on any atom is -0.469 e. The second kappa shape index (κ2) is 7.29. The van der Waals surface area contributed by atoms with Crippen LogP contribution in [-0.2, 0) is 6.42 Å². The minimum absolute atomic E-state index is 0.0191. The monoisotopic (exact) mass is 446 g/mol. The van der Waals surface area contributed by atoms with Gasteiger partial charge in [-0.1, -0.05) is 58.4 Å². The molecular weight excluding hydrogens is 430 g/mol. The number of carbonyl (C=O) groups is 1. The van der Waals surface area contributed by atoms with Crippen LogP contribution in [0, 0.1) is 0 Å². The molecule has 1 N–H and O–H groups in total. The summed E-state index contributed by atoms with van der Waals surface area (Å²) < 4.78 is 8.11. The van der Waals surface area contributed by atoms with Crippen molar-refractivity contribution in [2.45, 2.75) is 12.5 Å². The van der Waals surface area contributed by atoms with Crippen molar-refractivity contribution >= 4 is 27.7 Å². The van der Waals surface area contributed by atoms with Crippen LogP contribution in [-0.4, -0.2) is 16.9 Å². The highest BCUT2D eigenvalue weighted by Gasteiger charge is 2.41. The van der Waals surface area contributed by atoms with Gasteiger partial charge in [0.1, 0.15) is 17.7 Å². The zero-order chi connectivity index (χ0) is 19.8. The first-order valence-corrected chi connectivity index (χ1v) is 10.1. The summed E-state index contributed by atoms with van der Waals surface area (Å²) in [5, 5.41) is 3.36. The Labute approximate surface area is 176 Å². The maximum atomic E-state index is 13.2. The van der Waals surface area contributed by atoms with Crippen molar-refractivity contribution < 1.29 is 13.8 Å². The molecule has 5 rings (SSSR count). The van der Waals surface area contributed by atoms with E-state index in [9.17, 15) is 4.79 Å². The first kappa shape index (κ1) is 17.8. The van der Waals surface area contributed by atoms with E-state index in [4.69, 9.17) is 9.40 Å². The van der Waals surface area contributed by atoms with Crippen molar-refractivity contribution in [1.29, 1.82) is 0 Å². The highest BCUT2D eigenvalue weighted by molar-refractivity contribution is 9.10. The molecular formula is C23H17BrN3O2+. The summed E-state index contributed by atoms with van der Waals surface area (Å²) in [4.78, 5) is 18.1. The predicted octanol–water partition coefficient (Wildman–Crippen LogP) is 4.74. The van der Waals surface area contributed by atoms with Crippen LogP contribution in [0.25, 0.3) is 22.5 Å². The summed E-state index contributed by atoms with van der Waals surface area (Å²) in [6.07, 6.45) is 3.91. The van der Waals surface area contributed by atoms with Crippen molar-refractivity contribution in [2.75, 3.05) is 5.32 Å². The number of aromatic nitrogens is 2. The van der Waals surface area contributed by atoms with E-state index in [1.165, 1.54) is 0 Å². The summed E-state index contributed by atoms with van der Waals surface area (Å²) >= 11 is 3.48. The van der Waals surface area contributed by atoms with Crippen LogP contribution >= 0.6 is 15.9 Å². The van der Waals surface area contributed by atoms with Crippen LogP contribution in [0.15, 0.2) is 88.1 Å². The number of hydrogen-bond acceptors (Lipinski definition) is 4. The fourth-order valence-corrected chi connectivity index (χ4v) is 3.80. The predicted molar refractivity (Wildman–Crippen MR) is 113 cm³/mol. The van der Waals surface area contributed by atoms with Gasteiger partial charge in [0, 0.05) is 15.6 Å². The molecule has 142 valence electrons. The Morgan fingerprint density at radius 1 is 1.00 bits per heavy atom. The van der Waals surface area contributed by atoms with Gasteiger partial charge in [-0.15, -0.1) is 0 Å². The van der Waals surface area contributed by atoms with Crippen LogP contribution < -0.4 is 9.88 Å². The van der Waals surface area contributed by atoms with Gasteiger partial charge in [-0.3, -0.25) is 5.32 Å². The molecule has 1 aliphatic rings. The number of hydrogen-bond donors (Lipinski definition) is 1. The summed E-state index contributed by atoms with van der Waals surface area (Å²) in [5.74, 6) is 1.45. The summed E-state index contributed by atoms with van der Waals surface area (Å²) in [7, 11) is 0. The molecule has 0 aliphatic carbocycles. The van der Waals surface area contributed by atoms with Gasteiger partial charge in [0.05, 0.1) is 12.7 Å². The van der Waals surface area contributed by atoms with Gasteiger partial charge < -0.3 is 4.42 Å². The third-order valence-corrected chi connectivity index (χ3v) is 5.50. The Bertz CT molecular complexity index is 1170. The lowest BCUT2D eigenvalue weighted by atomic mass is 10.1. The normalized spacial score (nSPS) is 15.2. The highest BCUT2D eigenvalue weighted by Crippen LogP contribution is 2.30. The Hall–Kier alpha value is -3.25. The first-order chi connectivity index (χ1) is 14.2. The van der Waals surface area contributed by atoms with E-state index < -0.39 is 6.04 Å². The standard InChI is InChI=1S/C23H16BrN3O2/c24-17-10-8-16(9-11-17)21-22-26-19(13-18-7-4-12-29-18)23(28)27(22)14-20(25-21)15-5-2-1-3-6-15/h1-12,14,19H,13H2/p+1. The van der Waals surface area contributed by atoms with E-state index in [0.29, 0.717) is 12.2 Å². The Balaban J connectivity index is 1.63. The molecule has 2 aromatic heterocycles. The smallest absolute Gasteiger partial charge is 0.359 e. The van der Waals surface area contributed by atoms with Crippen molar-refractivity contribution in [3.63, 3.8) is 0 Å². The number of carbonyl (C=O) groups excluding carboxylic acids is 1. The summed E-state index contributed by atoms with van der Waals surface area (Å²) in [5.41, 5.74) is 3.40. The van der Waals surface area contributed by atoms with Crippen LogP contribution in [0.1, 0.15) is 10.6 Å². The van der Waals surface area contributed by atoms with E-state index in [0.717, 1.165) is 32.7 Å². The van der Waals surface area contributed by atoms with Crippen molar-refractivity contribution in [3.05, 3.63) is 89.4 Å². The molecule has 1 atom stereocenters. The molecule has 0 bridgehead atoms. The average Bonchev–Trinajstić information content (AvgIpc) is 3.37. The van der Waals surface area contributed by atoms with Crippen molar-refractivity contribution in [2.24, 2.45) is 0 Å². The largest absolute Gasteiger partial charge is 0.469 e. The number of nitrogens with one attached hydrogen (secondary N) is 1. The Morgan fingerprint density at radius 2 is 1.79 bits per heavy atom. The zero-order valence-electron chi connectivity index (χ0n) is 15.4. The number of anilines is 1. The van der Waals surface area contributed by atoms with Crippen LogP contribution in [0.2, 0.25) is 0 Å². The molecule has 0 radical (unpaired) electrons. The fourth-order valence-electron chi connectivity index (χ4n) is 3.53. The van der Waals surface area contributed by atoms with E-state index in [1.807, 2.05) is 72.9 Å². The van der Waals surface area contributed by atoms with E-state index >= 15 is 0 Å². The van der Waals surface area contributed by atoms with Gasteiger partial charge in [0.2, 0.25) is 6.04 Å². The molecule has 3 heterocycles. The van der Waals surface area contributed by atoms with Gasteiger partial charge in [0.25, 0.3) is 0 Å². The molecule has 29 heavy (non-hydrogen) atoms. The van der Waals surface area contributed by atoms with Crippen LogP contribution in [0.3, 0.4) is 0 Å². The molecule has 0 saturated heterocycles. The molecule has 6 heteroatoms. The number of rotatable bonds is 4. The maximum Gasteiger partial charge on any atom is 0.359 e. The highest BCUT2D eigenvalue weighted by atomic mass is 79.9. The zero-order valence-corrected chi connectivity index (χ0v) is 17.0. The van der Waals surface area contributed by atoms with Crippen LogP contribution in [0.5, 0.6) is 0 Å². The second-order valence-corrected chi connectivity index (χ2v) is 7.80. The average molecular weight is 447 g/mol. The topological polar surface area (TPSA) is 59.0 Å². The molecule has 0 amide bonds. The molecule has 4 aromatic rings. The molecule has 5 nitrogen and oxygen atoms in total. The van der Waals surface area contributed by atoms with E-state index in [1.54, 1.807) is 10.8 Å². The van der Waals surface area contributed by atoms with E-state index in [-0.39, 0.29) is 5.91 Å². The SMILES string of the molecule is O=C1C(Cc2ccco2)Nc2c(-c3ccc(Br)cc3)nc(-c3ccccc3)c[n+]21.